The third kappa shape index (κ3) is 11.3. The molecule has 0 spiro atoms. The van der Waals surface area contributed by atoms with Crippen LogP contribution in [0.15, 0.2) is 127 Å². The molecule has 0 aliphatic rings. The molecule has 5 heteroatoms. The van der Waals surface area contributed by atoms with Crippen LogP contribution in [0.5, 0.6) is 0 Å². The molecule has 0 radical (unpaired) electrons. The first-order valence-electron chi connectivity index (χ1n) is 26.9. The van der Waals surface area contributed by atoms with E-state index in [9.17, 15) is 0 Å². The quantitative estimate of drug-likeness (QED) is 0.149. The molecule has 0 saturated heterocycles. The van der Waals surface area contributed by atoms with E-state index in [1.54, 1.807) is 0 Å². The van der Waals surface area contributed by atoms with Crippen molar-refractivity contribution in [1.82, 2.24) is 0 Å². The van der Waals surface area contributed by atoms with Crippen molar-refractivity contribution < 1.29 is 14.1 Å². The first-order chi connectivity index (χ1) is 32.9. The summed E-state index contributed by atoms with van der Waals surface area (Å²) in [7, 11) is -10.5. The summed E-state index contributed by atoms with van der Waals surface area (Å²) in [5.41, 5.74) is 7.80. The molecule has 73 heavy (non-hydrogen) atoms. The minimum atomic E-state index is -5.66. The van der Waals surface area contributed by atoms with Crippen LogP contribution in [0.3, 0.4) is 0 Å². The van der Waals surface area contributed by atoms with Crippen molar-refractivity contribution in [2.75, 3.05) is 0 Å². The maximum atomic E-state index is 16.7. The molecule has 0 bridgehead atoms. The zero-order chi connectivity index (χ0) is 55.2. The summed E-state index contributed by atoms with van der Waals surface area (Å²) in [5, 5.41) is 3.58. The fraction of sp³-hybridized carbons (Fsp3) is 0.471. The first-order valence-corrected chi connectivity index (χ1v) is 30.9. The van der Waals surface area contributed by atoms with Gasteiger partial charge in [0, 0.05) is 0 Å². The zero-order valence-electron chi connectivity index (χ0n) is 49.9. The van der Waals surface area contributed by atoms with Gasteiger partial charge in [-0.05, 0) is 0 Å². The van der Waals surface area contributed by atoms with E-state index in [4.69, 9.17) is 4.31 Å². The van der Waals surface area contributed by atoms with Crippen molar-refractivity contribution in [2.45, 2.75) is 209 Å². The Bertz CT molecular complexity index is 2820. The summed E-state index contributed by atoms with van der Waals surface area (Å²) in [6.07, 6.45) is 0. The average Bonchev–Trinajstić information content (AvgIpc) is 3.26. The van der Waals surface area contributed by atoms with E-state index in [2.05, 4.69) is 287 Å². The van der Waals surface area contributed by atoms with Gasteiger partial charge in [-0.3, -0.25) is 0 Å². The Labute approximate surface area is 445 Å². The van der Waals surface area contributed by atoms with Crippen molar-refractivity contribution in [3.8, 4) is 11.1 Å². The maximum absolute atomic E-state index is 16.7. The van der Waals surface area contributed by atoms with E-state index in [0.29, 0.717) is 15.9 Å². The first kappa shape index (κ1) is 58.3. The Morgan fingerprint density at radius 3 is 0.959 bits per heavy atom. The predicted molar refractivity (Wildman–Crippen MR) is 326 cm³/mol. The Kier molecular flexibility index (Phi) is 15.1. The molecule has 3 nitrogen and oxygen atoms in total. The van der Waals surface area contributed by atoms with E-state index in [1.165, 1.54) is 11.1 Å². The van der Waals surface area contributed by atoms with Gasteiger partial charge in [-0.2, -0.15) is 0 Å². The van der Waals surface area contributed by atoms with Gasteiger partial charge < -0.3 is 0 Å². The van der Waals surface area contributed by atoms with Crippen LogP contribution in [0, 0.1) is 0 Å². The van der Waals surface area contributed by atoms with Crippen molar-refractivity contribution in [3.05, 3.63) is 172 Å². The molecule has 6 rings (SSSR count). The van der Waals surface area contributed by atoms with Crippen molar-refractivity contribution >= 4 is 41.3 Å². The van der Waals surface area contributed by atoms with Gasteiger partial charge in [0.15, 0.2) is 0 Å². The van der Waals surface area contributed by atoms with Crippen molar-refractivity contribution in [2.24, 2.45) is 0 Å². The molecule has 0 aliphatic carbocycles. The van der Waals surface area contributed by atoms with Gasteiger partial charge in [0.25, 0.3) is 0 Å². The second-order valence-electron chi connectivity index (χ2n) is 29.6. The molecule has 6 aromatic carbocycles. The van der Waals surface area contributed by atoms with Gasteiger partial charge in [0.1, 0.15) is 0 Å². The number of hydrogen-bond acceptors (Lipinski definition) is 3. The number of hydrogen-bond donors (Lipinski definition) is 2. The van der Waals surface area contributed by atoms with Crippen molar-refractivity contribution in [3.63, 3.8) is 0 Å². The Morgan fingerprint density at radius 1 is 0.329 bits per heavy atom. The molecule has 0 aliphatic heterocycles. The van der Waals surface area contributed by atoms with Crippen LogP contribution in [0.1, 0.15) is 211 Å². The van der Waals surface area contributed by atoms with Crippen LogP contribution < -0.4 is 26.5 Å². The Hall–Kier alpha value is -3.94. The Morgan fingerprint density at radius 2 is 0.630 bits per heavy atom. The molecule has 0 unspecified atom stereocenters. The molecule has 0 aromatic heterocycles. The van der Waals surface area contributed by atoms with Gasteiger partial charge in [-0.15, -0.1) is 0 Å². The third-order valence-corrected chi connectivity index (χ3v) is 23.8. The van der Waals surface area contributed by atoms with Gasteiger partial charge in [0.2, 0.25) is 0 Å². The zero-order valence-corrected chi connectivity index (χ0v) is 51.8. The Balaban J connectivity index is 2.10. The van der Waals surface area contributed by atoms with E-state index >= 15 is 9.79 Å². The predicted octanol–water partition coefficient (Wildman–Crippen LogP) is 16.6. The summed E-state index contributed by atoms with van der Waals surface area (Å²) < 4.78 is 8.83. The van der Waals surface area contributed by atoms with E-state index in [1.807, 2.05) is 6.07 Å². The summed E-state index contributed by atoms with van der Waals surface area (Å²) in [6.45, 7) is 54.1. The minimum absolute atomic E-state index is 0.179. The number of benzene rings is 6. The average molecular weight is 1020 g/mol. The molecule has 0 amide bonds. The van der Waals surface area contributed by atoms with Crippen LogP contribution >= 0.6 is 14.8 Å². The van der Waals surface area contributed by atoms with Crippen LogP contribution in [-0.4, -0.2) is 9.79 Å². The van der Waals surface area contributed by atoms with Crippen molar-refractivity contribution in [1.29, 1.82) is 0 Å². The molecular weight excluding hydrogens is 927 g/mol. The normalized spacial score (nSPS) is 14.7. The summed E-state index contributed by atoms with van der Waals surface area (Å²) in [5.74, 6) is 0. The fourth-order valence-corrected chi connectivity index (χ4v) is 21.3. The topological polar surface area (TPSA) is 49.7 Å². The van der Waals surface area contributed by atoms with E-state index in [-0.39, 0.29) is 21.7 Å². The third-order valence-electron chi connectivity index (χ3n) is 15.1. The molecular formula is C68H96O3P2. The molecule has 6 aromatic rings. The SMILES string of the molecule is CC(C)(C)c1ccc([PH](O)(OP(O)(c2ccccc2-c2ccccc2)(c2ccc(C(C)(C)C)cc2C(C)(C)C)c2ccc(C(C)(C)C)cc2C(C)(C)C)c2ccc(C(C)(C)C)cc2C(C)(C)C)c(C(C)(C)C)c1. The van der Waals surface area contributed by atoms with Crippen LogP contribution in [-0.2, 0) is 47.6 Å². The molecule has 2 N–H and O–H groups in total. The second-order valence-corrected chi connectivity index (χ2v) is 36.1. The fourth-order valence-electron chi connectivity index (χ4n) is 10.5. The standard InChI is InChI=1S/C68H96O3P2/c1-61(2,3)47-34-38-56(52(42-47)65(13,14)15)72(69,57-39-35-48(62(4,5)6)43-53(57)66(16,17)18)71-73(70,58-33-29-28-32-51(58)46-30-26-25-27-31-46,59-40-36-49(63(7,8)9)44-54(59)67(19,20)21)60-41-37-50(64(10,11)12)45-55(60)68(22,23)24/h25-45,69-70,72H,1-24H3. The van der Waals surface area contributed by atoms with Gasteiger partial charge >= 0.3 is 448 Å². The molecule has 0 fully saturated rings. The van der Waals surface area contributed by atoms with Crippen LogP contribution in [0.2, 0.25) is 0 Å². The summed E-state index contributed by atoms with van der Waals surface area (Å²) in [4.78, 5) is 32.3. The van der Waals surface area contributed by atoms with E-state index < -0.39 is 36.4 Å². The monoisotopic (exact) mass is 1020 g/mol. The van der Waals surface area contributed by atoms with Gasteiger partial charge in [0.05, 0.1) is 0 Å². The van der Waals surface area contributed by atoms with Crippen LogP contribution in [0.4, 0.5) is 0 Å². The number of rotatable bonds is 8. The summed E-state index contributed by atoms with van der Waals surface area (Å²) >= 11 is 0. The molecule has 0 saturated carbocycles. The van der Waals surface area contributed by atoms with Gasteiger partial charge in [-0.25, -0.2) is 0 Å². The molecule has 0 atom stereocenters. The molecule has 396 valence electrons. The molecule has 0 heterocycles. The second kappa shape index (κ2) is 19.0. The van der Waals surface area contributed by atoms with Gasteiger partial charge in [-0.1, -0.05) is 0 Å². The summed E-state index contributed by atoms with van der Waals surface area (Å²) in [6, 6.07) is 45.7. The van der Waals surface area contributed by atoms with E-state index in [0.717, 1.165) is 55.1 Å². The van der Waals surface area contributed by atoms with Crippen LogP contribution in [0.25, 0.3) is 11.1 Å².